The molecule has 0 aromatic heterocycles. The Morgan fingerprint density at radius 3 is 2.83 bits per heavy atom. The summed E-state index contributed by atoms with van der Waals surface area (Å²) in [7, 11) is 1.56. The maximum Gasteiger partial charge on any atom is 0.187 e. The molecule has 1 fully saturated rings. The molecule has 1 aromatic carbocycles. The van der Waals surface area contributed by atoms with E-state index >= 15 is 0 Å². The number of hydrogen-bond donors (Lipinski definition) is 4. The van der Waals surface area contributed by atoms with Gasteiger partial charge in [-0.25, -0.2) is 0 Å². The van der Waals surface area contributed by atoms with Crippen LogP contribution < -0.4 is 20.4 Å². The topological polar surface area (TPSA) is 79.5 Å². The summed E-state index contributed by atoms with van der Waals surface area (Å²) in [6, 6.07) is 5.08. The minimum Gasteiger partial charge on any atom is -0.507 e. The van der Waals surface area contributed by atoms with Gasteiger partial charge in [-0.05, 0) is 31.3 Å². The molecule has 1 saturated heterocycles. The number of rotatable bonds is 6. The molecule has 7 nitrogen and oxygen atoms in total. The number of benzene rings is 1. The van der Waals surface area contributed by atoms with Crippen LogP contribution in [0.2, 0.25) is 0 Å². The van der Waals surface area contributed by atoms with Gasteiger partial charge in [0, 0.05) is 11.6 Å². The van der Waals surface area contributed by atoms with Gasteiger partial charge >= 0.3 is 0 Å². The van der Waals surface area contributed by atoms with Crippen LogP contribution in [-0.4, -0.2) is 62.4 Å². The van der Waals surface area contributed by atoms with Gasteiger partial charge in [0.15, 0.2) is 5.11 Å². The number of nitrogens with one attached hydrogen (secondary N) is 3. The number of phenols is 1. The van der Waals surface area contributed by atoms with E-state index in [0.717, 1.165) is 39.4 Å². The number of morpholine rings is 1. The van der Waals surface area contributed by atoms with E-state index in [1.165, 1.54) is 4.90 Å². The normalized spacial score (nSPS) is 15.8. The van der Waals surface area contributed by atoms with E-state index in [4.69, 9.17) is 21.7 Å². The number of hydrogen-bond acceptors (Lipinski definition) is 5. The maximum atomic E-state index is 9.99. The first-order valence-corrected chi connectivity index (χ1v) is 8.38. The van der Waals surface area contributed by atoms with Gasteiger partial charge in [-0.15, -0.1) is 0 Å². The lowest BCUT2D eigenvalue weighted by molar-refractivity contribution is -0.906. The second-order valence-corrected chi connectivity index (χ2v) is 5.97. The predicted octanol–water partition coefficient (Wildman–Crippen LogP) is -0.496. The predicted molar refractivity (Wildman–Crippen MR) is 97.0 cm³/mol. The third kappa shape index (κ3) is 5.63. The zero-order valence-corrected chi connectivity index (χ0v) is 14.9. The highest BCUT2D eigenvalue weighted by Gasteiger charge is 2.13. The first-order valence-electron chi connectivity index (χ1n) is 7.97. The van der Waals surface area contributed by atoms with Crippen molar-refractivity contribution < 1.29 is 19.5 Å². The zero-order valence-electron chi connectivity index (χ0n) is 14.1. The Morgan fingerprint density at radius 2 is 2.17 bits per heavy atom. The number of nitrogens with zero attached hydrogens (tertiary/aromatic N) is 1. The number of thiocarbonyl (C=S) groups is 1. The molecule has 24 heavy (non-hydrogen) atoms. The van der Waals surface area contributed by atoms with Crippen LogP contribution in [0.4, 0.5) is 0 Å². The monoisotopic (exact) mass is 353 g/mol. The molecule has 0 unspecified atom stereocenters. The summed E-state index contributed by atoms with van der Waals surface area (Å²) >= 11 is 5.22. The molecular formula is C16H25N4O3S+. The Hall–Kier alpha value is -1.90. The van der Waals surface area contributed by atoms with E-state index in [-0.39, 0.29) is 5.75 Å². The summed E-state index contributed by atoms with van der Waals surface area (Å²) in [6.45, 7) is 7.30. The average Bonchev–Trinajstić information content (AvgIpc) is 2.60. The molecule has 0 atom stereocenters. The molecule has 0 aliphatic carbocycles. The van der Waals surface area contributed by atoms with Crippen molar-refractivity contribution >= 4 is 23.0 Å². The van der Waals surface area contributed by atoms with Crippen LogP contribution in [0.3, 0.4) is 0 Å². The molecule has 1 aliphatic heterocycles. The minimum atomic E-state index is 0.118. The van der Waals surface area contributed by atoms with Crippen LogP contribution in [0.5, 0.6) is 11.5 Å². The van der Waals surface area contributed by atoms with E-state index < -0.39 is 0 Å². The molecule has 1 heterocycles. The van der Waals surface area contributed by atoms with Crippen LogP contribution in [0.25, 0.3) is 0 Å². The van der Waals surface area contributed by atoms with Crippen LogP contribution in [0.15, 0.2) is 23.3 Å². The van der Waals surface area contributed by atoms with Gasteiger partial charge in [-0.1, -0.05) is 0 Å². The molecule has 2 rings (SSSR count). The van der Waals surface area contributed by atoms with Crippen molar-refractivity contribution in [2.75, 3.05) is 46.5 Å². The van der Waals surface area contributed by atoms with Crippen molar-refractivity contribution in [1.29, 1.82) is 0 Å². The second kappa shape index (κ2) is 9.41. The summed E-state index contributed by atoms with van der Waals surface area (Å²) in [4.78, 5) is 1.51. The summed E-state index contributed by atoms with van der Waals surface area (Å²) < 4.78 is 10.4. The summed E-state index contributed by atoms with van der Waals surface area (Å²) in [5, 5.41) is 17.8. The van der Waals surface area contributed by atoms with Gasteiger partial charge < -0.3 is 24.8 Å². The Balaban J connectivity index is 1.77. The quantitative estimate of drug-likeness (QED) is 0.314. The molecular weight excluding hydrogens is 328 g/mol. The highest BCUT2D eigenvalue weighted by molar-refractivity contribution is 7.80. The molecule has 8 heteroatoms. The fraction of sp³-hybridized carbons (Fsp3) is 0.500. The Bertz CT molecular complexity index is 589. The molecule has 0 saturated carbocycles. The van der Waals surface area contributed by atoms with Crippen molar-refractivity contribution in [1.82, 2.24) is 10.7 Å². The third-order valence-electron chi connectivity index (χ3n) is 3.88. The molecule has 0 radical (unpaired) electrons. The third-order valence-corrected chi connectivity index (χ3v) is 4.12. The lowest BCUT2D eigenvalue weighted by atomic mass is 10.1. The lowest BCUT2D eigenvalue weighted by Gasteiger charge is -2.23. The van der Waals surface area contributed by atoms with Crippen LogP contribution in [-0.2, 0) is 4.74 Å². The number of aromatic hydroxyl groups is 1. The van der Waals surface area contributed by atoms with Crippen molar-refractivity contribution in [2.24, 2.45) is 5.10 Å². The maximum absolute atomic E-state index is 9.99. The number of quaternary nitrogens is 1. The van der Waals surface area contributed by atoms with Crippen molar-refractivity contribution in [2.45, 2.75) is 6.92 Å². The van der Waals surface area contributed by atoms with Gasteiger partial charge in [0.05, 0.1) is 39.1 Å². The fourth-order valence-electron chi connectivity index (χ4n) is 2.44. The largest absolute Gasteiger partial charge is 0.507 e. The van der Waals surface area contributed by atoms with E-state index in [1.807, 2.05) is 0 Å². The molecule has 0 amide bonds. The van der Waals surface area contributed by atoms with E-state index in [2.05, 4.69) is 15.8 Å². The van der Waals surface area contributed by atoms with Gasteiger partial charge in [-0.2, -0.15) is 5.10 Å². The average molecular weight is 353 g/mol. The van der Waals surface area contributed by atoms with Gasteiger partial charge in [0.1, 0.15) is 24.6 Å². The van der Waals surface area contributed by atoms with Crippen molar-refractivity contribution in [3.63, 3.8) is 0 Å². The Labute approximate surface area is 147 Å². The van der Waals surface area contributed by atoms with Crippen LogP contribution in [0.1, 0.15) is 12.5 Å². The number of hydrazone groups is 1. The highest BCUT2D eigenvalue weighted by atomic mass is 32.1. The van der Waals surface area contributed by atoms with E-state index in [1.54, 1.807) is 32.2 Å². The van der Waals surface area contributed by atoms with Crippen molar-refractivity contribution in [3.05, 3.63) is 23.8 Å². The molecule has 1 aromatic rings. The molecule has 0 spiro atoms. The number of ether oxygens (including phenoxy) is 2. The Kier molecular flexibility index (Phi) is 7.23. The molecule has 0 bridgehead atoms. The first kappa shape index (κ1) is 18.4. The van der Waals surface area contributed by atoms with Crippen LogP contribution >= 0.6 is 12.2 Å². The highest BCUT2D eigenvalue weighted by Crippen LogP contribution is 2.23. The second-order valence-electron chi connectivity index (χ2n) is 5.56. The zero-order chi connectivity index (χ0) is 17.4. The SMILES string of the molecule is COc1ccc(/C(C)=N/NC(=S)NCC[NH+]2CCOCC2)c(O)c1. The first-order chi connectivity index (χ1) is 11.6. The van der Waals surface area contributed by atoms with Crippen molar-refractivity contribution in [3.8, 4) is 11.5 Å². The summed E-state index contributed by atoms with van der Waals surface area (Å²) in [5.41, 5.74) is 4.07. The molecule has 4 N–H and O–H groups in total. The molecule has 132 valence electrons. The van der Waals surface area contributed by atoms with Gasteiger partial charge in [-0.3, -0.25) is 5.43 Å². The standard InChI is InChI=1S/C16H24N4O3S/c1-12(14-4-3-13(22-2)11-15(14)21)18-19-16(24)17-5-6-20-7-9-23-10-8-20/h3-4,11,21H,5-10H2,1-2H3,(H2,17,19,24)/p+1/b18-12+. The molecule has 1 aliphatic rings. The summed E-state index contributed by atoms with van der Waals surface area (Å²) in [5.74, 6) is 0.715. The smallest absolute Gasteiger partial charge is 0.187 e. The van der Waals surface area contributed by atoms with Gasteiger partial charge in [0.25, 0.3) is 0 Å². The number of phenolic OH excluding ortho intramolecular Hbond substituents is 1. The fourth-order valence-corrected chi connectivity index (χ4v) is 2.59. The minimum absolute atomic E-state index is 0.118. The lowest BCUT2D eigenvalue weighted by Crippen LogP contribution is -3.14. The summed E-state index contributed by atoms with van der Waals surface area (Å²) in [6.07, 6.45) is 0. The van der Waals surface area contributed by atoms with E-state index in [0.29, 0.717) is 22.1 Å². The van der Waals surface area contributed by atoms with E-state index in [9.17, 15) is 5.11 Å². The Morgan fingerprint density at radius 1 is 1.42 bits per heavy atom. The van der Waals surface area contributed by atoms with Gasteiger partial charge in [0.2, 0.25) is 0 Å². The van der Waals surface area contributed by atoms with Crippen LogP contribution in [0, 0.1) is 0 Å². The number of methoxy groups -OCH3 is 1.